The fraction of sp³-hybridized carbons (Fsp3) is 0.938. The van der Waals surface area contributed by atoms with Crippen molar-refractivity contribution < 1.29 is 36.2 Å². The predicted molar refractivity (Wildman–Crippen MR) is 91.7 cm³/mol. The van der Waals surface area contributed by atoms with Crippen molar-refractivity contribution in [3.8, 4) is 0 Å². The van der Waals surface area contributed by atoms with Gasteiger partial charge in [0.05, 0.1) is 18.5 Å². The van der Waals surface area contributed by atoms with E-state index in [2.05, 4.69) is 4.90 Å². The topological polar surface area (TPSA) is 87.2 Å². The number of aliphatic carboxylic acids is 1. The molecule has 0 radical (unpaired) electrons. The van der Waals surface area contributed by atoms with Crippen molar-refractivity contribution in [2.75, 3.05) is 45.1 Å². The van der Waals surface area contributed by atoms with Gasteiger partial charge in [0.1, 0.15) is 0 Å². The molecule has 7 nitrogen and oxygen atoms in total. The Labute approximate surface area is 157 Å². The van der Waals surface area contributed by atoms with Gasteiger partial charge in [0, 0.05) is 31.5 Å². The lowest BCUT2D eigenvalue weighted by Gasteiger charge is -2.23. The van der Waals surface area contributed by atoms with E-state index in [0.29, 0.717) is 31.3 Å². The van der Waals surface area contributed by atoms with E-state index in [4.69, 9.17) is 14.6 Å². The molecule has 0 aliphatic carbocycles. The van der Waals surface area contributed by atoms with E-state index in [-0.39, 0.29) is 11.9 Å². The molecular weight excluding hydrogens is 389 g/mol. The maximum atomic E-state index is 12.2. The first kappa shape index (κ1) is 22.4. The van der Waals surface area contributed by atoms with Gasteiger partial charge < -0.3 is 14.7 Å². The van der Waals surface area contributed by atoms with E-state index in [1.807, 2.05) is 6.92 Å². The molecule has 0 aromatic heterocycles. The Hall–Kier alpha value is -0.910. The summed E-state index contributed by atoms with van der Waals surface area (Å²) in [4.78, 5) is 11.4. The molecule has 3 fully saturated rings. The molecule has 158 valence electrons. The number of likely N-dealkylation sites (tertiary alicyclic amines) is 1. The largest absolute Gasteiger partial charge is 0.490 e. The summed E-state index contributed by atoms with van der Waals surface area (Å²) in [6.45, 7) is 7.46. The number of fused-ring (bicyclic) bond motifs is 1. The van der Waals surface area contributed by atoms with E-state index in [1.54, 1.807) is 4.31 Å². The van der Waals surface area contributed by atoms with E-state index >= 15 is 0 Å². The second-order valence-electron chi connectivity index (χ2n) is 7.24. The van der Waals surface area contributed by atoms with Crippen LogP contribution in [0.4, 0.5) is 13.2 Å². The molecule has 0 aromatic carbocycles. The zero-order valence-corrected chi connectivity index (χ0v) is 16.1. The van der Waals surface area contributed by atoms with Crippen molar-refractivity contribution >= 4 is 16.0 Å². The fourth-order valence-electron chi connectivity index (χ4n) is 3.86. The Morgan fingerprint density at radius 2 is 1.81 bits per heavy atom. The summed E-state index contributed by atoms with van der Waals surface area (Å²) in [5, 5.41) is 7.12. The zero-order chi connectivity index (χ0) is 20.2. The van der Waals surface area contributed by atoms with Crippen molar-refractivity contribution in [3.63, 3.8) is 0 Å². The number of alkyl halides is 3. The molecule has 0 amide bonds. The fourth-order valence-corrected chi connectivity index (χ4v) is 5.41. The number of carboxylic acid groups (broad SMARTS) is 1. The highest BCUT2D eigenvalue weighted by atomic mass is 32.2. The van der Waals surface area contributed by atoms with Crippen LogP contribution in [0.25, 0.3) is 0 Å². The number of carboxylic acids is 1. The van der Waals surface area contributed by atoms with E-state index in [0.717, 1.165) is 13.2 Å². The Morgan fingerprint density at radius 1 is 1.22 bits per heavy atom. The first-order valence-electron chi connectivity index (χ1n) is 9.16. The summed E-state index contributed by atoms with van der Waals surface area (Å²) in [5.74, 6) is -1.57. The molecule has 3 atom stereocenters. The number of hydrogen-bond acceptors (Lipinski definition) is 5. The second-order valence-corrected chi connectivity index (χ2v) is 9.33. The minimum absolute atomic E-state index is 0.134. The van der Waals surface area contributed by atoms with E-state index in [9.17, 15) is 21.6 Å². The van der Waals surface area contributed by atoms with Gasteiger partial charge in [-0.15, -0.1) is 0 Å². The Morgan fingerprint density at radius 3 is 2.33 bits per heavy atom. The molecule has 3 aliphatic rings. The smallest absolute Gasteiger partial charge is 0.475 e. The lowest BCUT2D eigenvalue weighted by Crippen LogP contribution is -2.35. The molecule has 0 spiro atoms. The van der Waals surface area contributed by atoms with Gasteiger partial charge in [0.25, 0.3) is 0 Å². The maximum Gasteiger partial charge on any atom is 0.490 e. The second kappa shape index (κ2) is 9.06. The Bertz CT molecular complexity index is 608. The minimum atomic E-state index is -5.08. The maximum absolute atomic E-state index is 12.2. The molecule has 1 N–H and O–H groups in total. The van der Waals surface area contributed by atoms with Crippen LogP contribution in [0.3, 0.4) is 0 Å². The van der Waals surface area contributed by atoms with Crippen LogP contribution in [0.1, 0.15) is 26.2 Å². The number of sulfonamides is 1. The third-order valence-corrected chi connectivity index (χ3v) is 7.20. The molecule has 3 saturated heterocycles. The van der Waals surface area contributed by atoms with Crippen molar-refractivity contribution in [2.45, 2.75) is 38.5 Å². The highest BCUT2D eigenvalue weighted by molar-refractivity contribution is 7.89. The summed E-state index contributed by atoms with van der Waals surface area (Å²) in [5.41, 5.74) is 0. The van der Waals surface area contributed by atoms with E-state index in [1.165, 1.54) is 25.9 Å². The van der Waals surface area contributed by atoms with Gasteiger partial charge in [-0.05, 0) is 32.4 Å². The summed E-state index contributed by atoms with van der Waals surface area (Å²) in [7, 11) is -3.06. The van der Waals surface area contributed by atoms with Crippen LogP contribution >= 0.6 is 0 Å². The summed E-state index contributed by atoms with van der Waals surface area (Å²) >= 11 is 0. The zero-order valence-electron chi connectivity index (χ0n) is 15.3. The van der Waals surface area contributed by atoms with Gasteiger partial charge >= 0.3 is 12.1 Å². The standard InChI is InChI=1S/C14H26N2O3S.C2HF3O2/c1-2-7-20(17,18)16-9-13-12(11-19-14(13)10-16)8-15-5-3-4-6-15;3-2(4,5)1(6)7/h12-14H,2-11H2,1H3;(H,6,7)/t12-,13+,14+;/m0./s1. The normalized spacial score (nSPS) is 29.4. The van der Waals surface area contributed by atoms with Gasteiger partial charge in [0.2, 0.25) is 10.0 Å². The Kier molecular flexibility index (Phi) is 7.51. The number of rotatable bonds is 5. The monoisotopic (exact) mass is 416 g/mol. The predicted octanol–water partition coefficient (Wildman–Crippen LogP) is 1.40. The molecule has 0 unspecified atom stereocenters. The molecule has 27 heavy (non-hydrogen) atoms. The van der Waals surface area contributed by atoms with Crippen LogP contribution in [0.15, 0.2) is 0 Å². The van der Waals surface area contributed by atoms with Crippen LogP contribution in [-0.2, 0) is 19.6 Å². The molecule has 0 saturated carbocycles. The van der Waals surface area contributed by atoms with Crippen LogP contribution < -0.4 is 0 Å². The van der Waals surface area contributed by atoms with Crippen LogP contribution in [0.2, 0.25) is 0 Å². The molecule has 0 bridgehead atoms. The van der Waals surface area contributed by atoms with Gasteiger partial charge in [0.15, 0.2) is 0 Å². The van der Waals surface area contributed by atoms with Gasteiger partial charge in [-0.25, -0.2) is 13.2 Å². The minimum Gasteiger partial charge on any atom is -0.475 e. The van der Waals surface area contributed by atoms with Crippen molar-refractivity contribution in [2.24, 2.45) is 11.8 Å². The highest BCUT2D eigenvalue weighted by Crippen LogP contribution is 2.35. The average molecular weight is 416 g/mol. The summed E-state index contributed by atoms with van der Waals surface area (Å²) < 4.78 is 63.6. The third-order valence-electron chi connectivity index (χ3n) is 5.19. The van der Waals surface area contributed by atoms with Gasteiger partial charge in [-0.3, -0.25) is 0 Å². The SMILES string of the molecule is CCCS(=O)(=O)N1C[C@@H]2[C@@H](CN3CCCC3)CO[C@@H]2C1.O=C(O)C(F)(F)F. The number of nitrogens with zero attached hydrogens (tertiary/aromatic N) is 2. The molecule has 0 aromatic rings. The molecule has 11 heteroatoms. The van der Waals surface area contributed by atoms with Gasteiger partial charge in [-0.1, -0.05) is 6.92 Å². The Balaban J connectivity index is 0.000000321. The number of halogens is 3. The quantitative estimate of drug-likeness (QED) is 0.729. The van der Waals surface area contributed by atoms with Crippen molar-refractivity contribution in [1.29, 1.82) is 0 Å². The molecule has 3 rings (SSSR count). The summed E-state index contributed by atoms with van der Waals surface area (Å²) in [6, 6.07) is 0. The molecule has 3 aliphatic heterocycles. The number of carbonyl (C=O) groups is 1. The van der Waals surface area contributed by atoms with Crippen LogP contribution in [-0.4, -0.2) is 86.1 Å². The lowest BCUT2D eigenvalue weighted by atomic mass is 9.93. The third kappa shape index (κ3) is 6.03. The van der Waals surface area contributed by atoms with Crippen molar-refractivity contribution in [3.05, 3.63) is 0 Å². The number of hydrogen-bond donors (Lipinski definition) is 1. The molecular formula is C16H27F3N2O5S. The molecule has 3 heterocycles. The first-order valence-corrected chi connectivity index (χ1v) is 10.8. The average Bonchev–Trinajstić information content (AvgIpc) is 3.26. The highest BCUT2D eigenvalue weighted by Gasteiger charge is 2.47. The first-order chi connectivity index (χ1) is 12.5. The summed E-state index contributed by atoms with van der Waals surface area (Å²) in [6.07, 6.45) is -1.65. The van der Waals surface area contributed by atoms with Crippen LogP contribution in [0.5, 0.6) is 0 Å². The number of ether oxygens (including phenoxy) is 1. The van der Waals surface area contributed by atoms with E-state index < -0.39 is 22.2 Å². The van der Waals surface area contributed by atoms with Crippen molar-refractivity contribution in [1.82, 2.24) is 9.21 Å². The van der Waals surface area contributed by atoms with Gasteiger partial charge in [-0.2, -0.15) is 17.5 Å². The lowest BCUT2D eigenvalue weighted by molar-refractivity contribution is -0.192. The van der Waals surface area contributed by atoms with Crippen LogP contribution in [0, 0.1) is 11.8 Å².